The van der Waals surface area contributed by atoms with Crippen molar-refractivity contribution < 1.29 is 5.11 Å². The van der Waals surface area contributed by atoms with E-state index in [1.165, 1.54) is 6.54 Å². The molecule has 1 aliphatic rings. The minimum atomic E-state index is 0.289. The molecule has 0 aromatic heterocycles. The molecule has 2 rings (SSSR count). The van der Waals surface area contributed by atoms with Crippen molar-refractivity contribution in [2.45, 2.75) is 33.7 Å². The third-order valence-corrected chi connectivity index (χ3v) is 4.21. The molecule has 0 aliphatic carbocycles. The van der Waals surface area contributed by atoms with Gasteiger partial charge in [0.05, 0.1) is 0 Å². The molecule has 0 amide bonds. The lowest BCUT2D eigenvalue weighted by molar-refractivity contribution is 0.0939. The number of aromatic hydroxyl groups is 1. The molecule has 0 spiro atoms. The van der Waals surface area contributed by atoms with E-state index in [1.54, 1.807) is 0 Å². The Morgan fingerprint density at radius 3 is 2.30 bits per heavy atom. The van der Waals surface area contributed by atoms with E-state index < -0.39 is 0 Å². The largest absolute Gasteiger partial charge is 0.508 e. The summed E-state index contributed by atoms with van der Waals surface area (Å²) in [5.41, 5.74) is 2.16. The fourth-order valence-corrected chi connectivity index (χ4v) is 3.05. The number of hydrogen-bond donors (Lipinski definition) is 1. The Morgan fingerprint density at radius 1 is 1.10 bits per heavy atom. The Hall–Kier alpha value is -1.06. The first kappa shape index (κ1) is 15.3. The van der Waals surface area contributed by atoms with Gasteiger partial charge in [0.15, 0.2) is 0 Å². The number of nitrogens with zero attached hydrogens (tertiary/aromatic N) is 2. The Balaban J connectivity index is 1.96. The van der Waals surface area contributed by atoms with Gasteiger partial charge in [-0.3, -0.25) is 4.90 Å². The number of phenolic OH excluding ortho intramolecular Hbond substituents is 1. The van der Waals surface area contributed by atoms with E-state index in [0.29, 0.717) is 5.75 Å². The van der Waals surface area contributed by atoms with E-state index in [4.69, 9.17) is 0 Å². The third kappa shape index (κ3) is 3.74. The minimum absolute atomic E-state index is 0.289. The Kier molecular flexibility index (Phi) is 5.06. The van der Waals surface area contributed by atoms with E-state index in [9.17, 15) is 5.11 Å². The quantitative estimate of drug-likeness (QED) is 0.915. The van der Waals surface area contributed by atoms with Crippen LogP contribution in [0.1, 0.15) is 37.9 Å². The van der Waals surface area contributed by atoms with Crippen molar-refractivity contribution in [1.29, 1.82) is 0 Å². The van der Waals surface area contributed by atoms with Crippen molar-refractivity contribution in [3.63, 3.8) is 0 Å². The normalized spacial score (nSPS) is 19.4. The van der Waals surface area contributed by atoms with Gasteiger partial charge in [-0.1, -0.05) is 26.0 Å². The lowest BCUT2D eigenvalue weighted by atomic mass is 10.0. The molecule has 0 radical (unpaired) electrons. The first-order valence-electron chi connectivity index (χ1n) is 7.73. The lowest BCUT2D eigenvalue weighted by Gasteiger charge is -2.39. The van der Waals surface area contributed by atoms with Crippen molar-refractivity contribution in [3.8, 4) is 5.75 Å². The van der Waals surface area contributed by atoms with E-state index in [-0.39, 0.29) is 6.04 Å². The molecule has 1 aliphatic heterocycles. The van der Waals surface area contributed by atoms with E-state index in [2.05, 4.69) is 42.7 Å². The summed E-state index contributed by atoms with van der Waals surface area (Å²) in [5, 5.41) is 10.1. The van der Waals surface area contributed by atoms with Crippen molar-refractivity contribution in [2.75, 3.05) is 32.7 Å². The van der Waals surface area contributed by atoms with Crippen molar-refractivity contribution in [3.05, 3.63) is 29.3 Å². The molecule has 3 nitrogen and oxygen atoms in total. The number of rotatable bonds is 4. The van der Waals surface area contributed by atoms with Gasteiger partial charge in [-0.15, -0.1) is 0 Å². The van der Waals surface area contributed by atoms with Gasteiger partial charge >= 0.3 is 0 Å². The standard InChI is InChI=1S/C17H28N2O/c1-13(2)12-18-7-9-19(10-8-18)15(4)16-6-5-14(3)11-17(16)20/h5-6,11,13,15,20H,7-10,12H2,1-4H3. The van der Waals surface area contributed by atoms with Crippen LogP contribution in [0.3, 0.4) is 0 Å². The van der Waals surface area contributed by atoms with Gasteiger partial charge in [0.25, 0.3) is 0 Å². The predicted octanol–water partition coefficient (Wildman–Crippen LogP) is 3.04. The predicted molar refractivity (Wildman–Crippen MR) is 84.1 cm³/mol. The summed E-state index contributed by atoms with van der Waals surface area (Å²) in [5.74, 6) is 1.17. The number of hydrogen-bond acceptors (Lipinski definition) is 3. The van der Waals surface area contributed by atoms with Gasteiger partial charge in [0, 0.05) is 44.3 Å². The van der Waals surface area contributed by atoms with Crippen LogP contribution in [0, 0.1) is 12.8 Å². The zero-order chi connectivity index (χ0) is 14.7. The van der Waals surface area contributed by atoms with Crippen molar-refractivity contribution >= 4 is 0 Å². The molecular weight excluding hydrogens is 248 g/mol. The smallest absolute Gasteiger partial charge is 0.120 e. The molecule has 1 heterocycles. The highest BCUT2D eigenvalue weighted by molar-refractivity contribution is 5.37. The zero-order valence-corrected chi connectivity index (χ0v) is 13.3. The van der Waals surface area contributed by atoms with Gasteiger partial charge in [-0.2, -0.15) is 0 Å². The molecule has 112 valence electrons. The van der Waals surface area contributed by atoms with Gasteiger partial charge in [0.1, 0.15) is 5.75 Å². The molecule has 3 heteroatoms. The fraction of sp³-hybridized carbons (Fsp3) is 0.647. The second-order valence-corrected chi connectivity index (χ2v) is 6.47. The zero-order valence-electron chi connectivity index (χ0n) is 13.3. The summed E-state index contributed by atoms with van der Waals surface area (Å²) in [6.45, 7) is 14.4. The van der Waals surface area contributed by atoms with Crippen LogP contribution >= 0.6 is 0 Å². The highest BCUT2D eigenvalue weighted by Crippen LogP contribution is 2.29. The Bertz CT molecular complexity index is 437. The van der Waals surface area contributed by atoms with Crippen LogP contribution in [-0.4, -0.2) is 47.6 Å². The summed E-state index contributed by atoms with van der Waals surface area (Å²) in [7, 11) is 0. The van der Waals surface area contributed by atoms with Gasteiger partial charge in [-0.25, -0.2) is 0 Å². The van der Waals surface area contributed by atoms with E-state index in [0.717, 1.165) is 43.2 Å². The molecule has 1 aromatic carbocycles. The van der Waals surface area contributed by atoms with Crippen LogP contribution in [0.25, 0.3) is 0 Å². The Labute approximate surface area is 123 Å². The molecule has 1 aromatic rings. The van der Waals surface area contributed by atoms with Crippen LogP contribution in [0.5, 0.6) is 5.75 Å². The van der Waals surface area contributed by atoms with E-state index in [1.807, 2.05) is 13.0 Å². The van der Waals surface area contributed by atoms with Crippen LogP contribution in [0.15, 0.2) is 18.2 Å². The average molecular weight is 276 g/mol. The fourth-order valence-electron chi connectivity index (χ4n) is 3.05. The number of piperazine rings is 1. The second kappa shape index (κ2) is 6.59. The van der Waals surface area contributed by atoms with Crippen molar-refractivity contribution in [2.24, 2.45) is 5.92 Å². The maximum Gasteiger partial charge on any atom is 0.120 e. The maximum absolute atomic E-state index is 10.1. The van der Waals surface area contributed by atoms with Gasteiger partial charge in [-0.05, 0) is 31.4 Å². The van der Waals surface area contributed by atoms with Crippen LogP contribution in [0.2, 0.25) is 0 Å². The first-order valence-corrected chi connectivity index (χ1v) is 7.73. The molecule has 1 fully saturated rings. The highest BCUT2D eigenvalue weighted by Gasteiger charge is 2.23. The first-order chi connectivity index (χ1) is 9.47. The third-order valence-electron chi connectivity index (χ3n) is 4.21. The van der Waals surface area contributed by atoms with Gasteiger partial charge < -0.3 is 10.0 Å². The molecule has 1 saturated heterocycles. The molecule has 1 atom stereocenters. The summed E-state index contributed by atoms with van der Waals surface area (Å²) in [6.07, 6.45) is 0. The molecule has 20 heavy (non-hydrogen) atoms. The molecule has 1 unspecified atom stereocenters. The van der Waals surface area contributed by atoms with Crippen LogP contribution in [-0.2, 0) is 0 Å². The number of aryl methyl sites for hydroxylation is 1. The van der Waals surface area contributed by atoms with Crippen LogP contribution in [0.4, 0.5) is 0 Å². The monoisotopic (exact) mass is 276 g/mol. The van der Waals surface area contributed by atoms with Crippen LogP contribution < -0.4 is 0 Å². The van der Waals surface area contributed by atoms with Gasteiger partial charge in [0.2, 0.25) is 0 Å². The van der Waals surface area contributed by atoms with E-state index >= 15 is 0 Å². The number of phenols is 1. The SMILES string of the molecule is Cc1ccc(C(C)N2CCN(CC(C)C)CC2)c(O)c1. The molecular formula is C17H28N2O. The summed E-state index contributed by atoms with van der Waals surface area (Å²) in [6, 6.07) is 6.30. The molecule has 1 N–H and O–H groups in total. The van der Waals surface area contributed by atoms with Crippen molar-refractivity contribution in [1.82, 2.24) is 9.80 Å². The topological polar surface area (TPSA) is 26.7 Å². The second-order valence-electron chi connectivity index (χ2n) is 6.47. The average Bonchev–Trinajstić information content (AvgIpc) is 2.38. The summed E-state index contributed by atoms with van der Waals surface area (Å²) >= 11 is 0. The molecule has 0 saturated carbocycles. The lowest BCUT2D eigenvalue weighted by Crippen LogP contribution is -2.48. The Morgan fingerprint density at radius 2 is 1.75 bits per heavy atom. The minimum Gasteiger partial charge on any atom is -0.508 e. The number of benzene rings is 1. The molecule has 0 bridgehead atoms. The summed E-state index contributed by atoms with van der Waals surface area (Å²) < 4.78 is 0. The highest BCUT2D eigenvalue weighted by atomic mass is 16.3. The maximum atomic E-state index is 10.1. The summed E-state index contributed by atoms with van der Waals surface area (Å²) in [4.78, 5) is 5.02.